The fourth-order valence-electron chi connectivity index (χ4n) is 2.41. The fraction of sp³-hybridized carbons (Fsp3) is 0.533. The molecule has 0 aliphatic carbocycles. The highest BCUT2D eigenvalue weighted by atomic mass is 16.5. The van der Waals surface area contributed by atoms with Crippen molar-refractivity contribution in [2.24, 2.45) is 0 Å². The van der Waals surface area contributed by atoms with E-state index in [0.29, 0.717) is 29.7 Å². The number of likely N-dealkylation sites (N-methyl/N-ethyl adjacent to an activating group) is 1. The summed E-state index contributed by atoms with van der Waals surface area (Å²) in [5.41, 5.74) is 0.461. The molecule has 0 aromatic heterocycles. The van der Waals surface area contributed by atoms with Gasteiger partial charge in [0.05, 0.1) is 19.8 Å². The second kappa shape index (κ2) is 6.61. The predicted molar refractivity (Wildman–Crippen MR) is 75.5 cm³/mol. The van der Waals surface area contributed by atoms with Crippen LogP contribution in [-0.4, -0.2) is 51.3 Å². The van der Waals surface area contributed by atoms with Gasteiger partial charge in [0.15, 0.2) is 11.5 Å². The molecule has 1 aliphatic heterocycles. The van der Waals surface area contributed by atoms with Crippen molar-refractivity contribution in [2.45, 2.75) is 18.9 Å². The van der Waals surface area contributed by atoms with Crippen LogP contribution in [0, 0.1) is 0 Å². The first-order valence-corrected chi connectivity index (χ1v) is 6.75. The van der Waals surface area contributed by atoms with Gasteiger partial charge in [-0.2, -0.15) is 0 Å². The predicted octanol–water partition coefficient (Wildman–Crippen LogP) is 1.95. The van der Waals surface area contributed by atoms with Crippen molar-refractivity contribution in [3.63, 3.8) is 0 Å². The topological polar surface area (TPSA) is 48.0 Å². The van der Waals surface area contributed by atoms with Crippen LogP contribution in [0.5, 0.6) is 11.5 Å². The minimum Gasteiger partial charge on any atom is -0.493 e. The molecule has 1 saturated heterocycles. The molecule has 0 N–H and O–H groups in total. The summed E-state index contributed by atoms with van der Waals surface area (Å²) >= 11 is 0. The zero-order valence-electron chi connectivity index (χ0n) is 12.2. The van der Waals surface area contributed by atoms with Crippen LogP contribution in [0.3, 0.4) is 0 Å². The largest absolute Gasteiger partial charge is 0.493 e. The number of nitrogens with zero attached hydrogens (tertiary/aromatic N) is 1. The van der Waals surface area contributed by atoms with Crippen molar-refractivity contribution >= 4 is 5.97 Å². The van der Waals surface area contributed by atoms with Crippen molar-refractivity contribution < 1.29 is 19.0 Å². The van der Waals surface area contributed by atoms with Crippen LogP contribution < -0.4 is 9.47 Å². The van der Waals surface area contributed by atoms with Gasteiger partial charge >= 0.3 is 5.97 Å². The standard InChI is InChI=1S/C15H21NO4/c1-16-8-4-5-12(16)10-20-14-9-11(15(17)19-3)6-7-13(14)18-2/h6-7,9,12H,4-5,8,10H2,1-3H3. The first-order chi connectivity index (χ1) is 9.65. The number of likely N-dealkylation sites (tertiary alicyclic amines) is 1. The number of methoxy groups -OCH3 is 2. The van der Waals surface area contributed by atoms with E-state index in [1.165, 1.54) is 13.5 Å². The molecule has 0 amide bonds. The Morgan fingerprint density at radius 1 is 1.35 bits per heavy atom. The summed E-state index contributed by atoms with van der Waals surface area (Å²) in [6.07, 6.45) is 2.33. The van der Waals surface area contributed by atoms with Crippen LogP contribution in [0.4, 0.5) is 0 Å². The highest BCUT2D eigenvalue weighted by Gasteiger charge is 2.22. The van der Waals surface area contributed by atoms with Gasteiger partial charge in [-0.3, -0.25) is 0 Å². The van der Waals surface area contributed by atoms with Gasteiger partial charge in [0, 0.05) is 6.04 Å². The minimum atomic E-state index is -0.379. The Hall–Kier alpha value is -1.75. The van der Waals surface area contributed by atoms with Crippen molar-refractivity contribution in [3.05, 3.63) is 23.8 Å². The average Bonchev–Trinajstić information content (AvgIpc) is 2.89. The molecule has 1 aromatic rings. The maximum atomic E-state index is 11.6. The van der Waals surface area contributed by atoms with E-state index in [2.05, 4.69) is 11.9 Å². The van der Waals surface area contributed by atoms with E-state index in [9.17, 15) is 4.79 Å². The number of hydrogen-bond acceptors (Lipinski definition) is 5. The van der Waals surface area contributed by atoms with Crippen LogP contribution >= 0.6 is 0 Å². The van der Waals surface area contributed by atoms with Crippen LogP contribution in [-0.2, 0) is 4.74 Å². The SMILES string of the molecule is COC(=O)c1ccc(OC)c(OCC2CCCN2C)c1. The quantitative estimate of drug-likeness (QED) is 0.771. The van der Waals surface area contributed by atoms with Crippen molar-refractivity contribution in [2.75, 3.05) is 34.4 Å². The summed E-state index contributed by atoms with van der Waals surface area (Å²) in [6, 6.07) is 5.47. The van der Waals surface area contributed by atoms with E-state index in [4.69, 9.17) is 14.2 Å². The molecule has 110 valence electrons. The summed E-state index contributed by atoms with van der Waals surface area (Å²) in [6.45, 7) is 1.70. The Kier molecular flexibility index (Phi) is 4.84. The number of hydrogen-bond donors (Lipinski definition) is 0. The number of carbonyl (C=O) groups is 1. The monoisotopic (exact) mass is 279 g/mol. The summed E-state index contributed by atoms with van der Waals surface area (Å²) in [5.74, 6) is 0.824. The first-order valence-electron chi connectivity index (χ1n) is 6.75. The van der Waals surface area contributed by atoms with Gasteiger partial charge in [-0.1, -0.05) is 0 Å². The molecule has 1 aromatic carbocycles. The van der Waals surface area contributed by atoms with Crippen LogP contribution in [0.1, 0.15) is 23.2 Å². The number of carbonyl (C=O) groups excluding carboxylic acids is 1. The van der Waals surface area contributed by atoms with Gasteiger partial charge in [0.25, 0.3) is 0 Å². The first kappa shape index (κ1) is 14.7. The van der Waals surface area contributed by atoms with E-state index in [1.54, 1.807) is 25.3 Å². The summed E-state index contributed by atoms with van der Waals surface area (Å²) in [7, 11) is 5.05. The average molecular weight is 279 g/mol. The lowest BCUT2D eigenvalue weighted by Gasteiger charge is -2.20. The molecular formula is C15H21NO4. The Morgan fingerprint density at radius 2 is 2.15 bits per heavy atom. The Labute approximate surface area is 119 Å². The number of benzene rings is 1. The molecule has 0 radical (unpaired) electrons. The molecule has 1 fully saturated rings. The smallest absolute Gasteiger partial charge is 0.337 e. The van der Waals surface area contributed by atoms with E-state index in [0.717, 1.165) is 13.0 Å². The van der Waals surface area contributed by atoms with E-state index in [1.807, 2.05) is 0 Å². The minimum absolute atomic E-state index is 0.379. The zero-order valence-corrected chi connectivity index (χ0v) is 12.2. The van der Waals surface area contributed by atoms with Gasteiger partial charge in [-0.15, -0.1) is 0 Å². The molecule has 1 heterocycles. The van der Waals surface area contributed by atoms with Crippen LogP contribution in [0.15, 0.2) is 18.2 Å². The number of esters is 1. The van der Waals surface area contributed by atoms with E-state index in [-0.39, 0.29) is 5.97 Å². The Bertz CT molecular complexity index is 475. The Balaban J connectivity index is 2.09. The molecular weight excluding hydrogens is 258 g/mol. The molecule has 5 nitrogen and oxygen atoms in total. The van der Waals surface area contributed by atoms with Crippen molar-refractivity contribution in [3.8, 4) is 11.5 Å². The third-order valence-corrected chi connectivity index (χ3v) is 3.69. The molecule has 0 saturated carbocycles. The molecule has 1 atom stereocenters. The summed E-state index contributed by atoms with van der Waals surface area (Å²) in [5, 5.41) is 0. The van der Waals surface area contributed by atoms with Crippen molar-refractivity contribution in [1.82, 2.24) is 4.90 Å². The van der Waals surface area contributed by atoms with Crippen LogP contribution in [0.2, 0.25) is 0 Å². The van der Waals surface area contributed by atoms with Gasteiger partial charge in [0.1, 0.15) is 6.61 Å². The molecule has 0 bridgehead atoms. The Morgan fingerprint density at radius 3 is 2.75 bits per heavy atom. The molecule has 2 rings (SSSR count). The van der Waals surface area contributed by atoms with Crippen LogP contribution in [0.25, 0.3) is 0 Å². The lowest BCUT2D eigenvalue weighted by molar-refractivity contribution is 0.0600. The molecule has 1 aliphatic rings. The molecule has 5 heteroatoms. The van der Waals surface area contributed by atoms with Crippen molar-refractivity contribution in [1.29, 1.82) is 0 Å². The van der Waals surface area contributed by atoms with Gasteiger partial charge in [0.2, 0.25) is 0 Å². The second-order valence-corrected chi connectivity index (χ2v) is 4.94. The lowest BCUT2D eigenvalue weighted by atomic mass is 10.2. The number of rotatable bonds is 5. The summed E-state index contributed by atoms with van der Waals surface area (Å²) in [4.78, 5) is 13.8. The number of ether oxygens (including phenoxy) is 3. The summed E-state index contributed by atoms with van der Waals surface area (Å²) < 4.78 is 15.8. The van der Waals surface area contributed by atoms with Gasteiger partial charge in [-0.25, -0.2) is 4.79 Å². The van der Waals surface area contributed by atoms with Gasteiger partial charge in [-0.05, 0) is 44.6 Å². The van der Waals surface area contributed by atoms with Gasteiger partial charge < -0.3 is 19.1 Å². The highest BCUT2D eigenvalue weighted by Crippen LogP contribution is 2.29. The van der Waals surface area contributed by atoms with E-state index < -0.39 is 0 Å². The maximum absolute atomic E-state index is 11.6. The molecule has 20 heavy (non-hydrogen) atoms. The zero-order chi connectivity index (χ0) is 14.5. The molecule has 1 unspecified atom stereocenters. The third-order valence-electron chi connectivity index (χ3n) is 3.69. The third kappa shape index (κ3) is 3.22. The molecule has 0 spiro atoms. The highest BCUT2D eigenvalue weighted by molar-refractivity contribution is 5.90. The van der Waals surface area contributed by atoms with E-state index >= 15 is 0 Å². The maximum Gasteiger partial charge on any atom is 0.337 e. The second-order valence-electron chi connectivity index (χ2n) is 4.94. The lowest BCUT2D eigenvalue weighted by Crippen LogP contribution is -2.30. The normalized spacial score (nSPS) is 18.9. The fourth-order valence-corrected chi connectivity index (χ4v) is 2.41.